The second-order valence-corrected chi connectivity index (χ2v) is 9.74. The van der Waals surface area contributed by atoms with Crippen LogP contribution in [0.1, 0.15) is 64.4 Å². The van der Waals surface area contributed by atoms with Gasteiger partial charge in [0, 0.05) is 37.1 Å². The van der Waals surface area contributed by atoms with E-state index in [4.69, 9.17) is 4.74 Å². The van der Waals surface area contributed by atoms with E-state index < -0.39 is 17.4 Å². The lowest BCUT2D eigenvalue weighted by molar-refractivity contribution is -0.172. The molecular weight excluding hydrogens is 411 g/mol. The summed E-state index contributed by atoms with van der Waals surface area (Å²) in [7, 11) is 1.29. The van der Waals surface area contributed by atoms with Gasteiger partial charge in [-0.2, -0.15) is 0 Å². The third-order valence-corrected chi connectivity index (χ3v) is 7.87. The minimum Gasteiger partial charge on any atom is -0.468 e. The number of amides is 1. The second-order valence-electron chi connectivity index (χ2n) is 9.74. The number of carbonyl (C=O) groups excluding carboxylic acids is 3. The van der Waals surface area contributed by atoms with Crippen molar-refractivity contribution >= 4 is 17.7 Å². The monoisotopic (exact) mass is 444 g/mol. The summed E-state index contributed by atoms with van der Waals surface area (Å²) in [5, 5.41) is 0. The Kier molecular flexibility index (Phi) is 6.39. The number of hydrogen-bond acceptors (Lipinski definition) is 5. The lowest BCUT2D eigenvalue weighted by Crippen LogP contribution is -2.62. The Labute approximate surface area is 189 Å². The number of Topliss-reactive ketones (excluding diaryl/α,β-unsaturated/α-hetero) is 1. The van der Waals surface area contributed by atoms with Crippen molar-refractivity contribution in [2.24, 2.45) is 5.41 Å². The van der Waals surface area contributed by atoms with Gasteiger partial charge >= 0.3 is 5.97 Å². The lowest BCUT2D eigenvalue weighted by Gasteiger charge is -2.47. The van der Waals surface area contributed by atoms with Gasteiger partial charge in [0.1, 0.15) is 5.82 Å². The first-order valence-electron chi connectivity index (χ1n) is 11.7. The molecule has 4 rings (SSSR count). The highest BCUT2D eigenvalue weighted by Crippen LogP contribution is 2.48. The van der Waals surface area contributed by atoms with Crippen LogP contribution in [0.2, 0.25) is 0 Å². The van der Waals surface area contributed by atoms with Gasteiger partial charge in [0.25, 0.3) is 0 Å². The van der Waals surface area contributed by atoms with Crippen LogP contribution >= 0.6 is 0 Å². The second kappa shape index (κ2) is 8.93. The molecule has 0 saturated carbocycles. The third kappa shape index (κ3) is 3.85. The molecule has 6 nitrogen and oxygen atoms in total. The van der Waals surface area contributed by atoms with E-state index in [9.17, 15) is 18.8 Å². The molecule has 174 valence electrons. The molecule has 5 atom stereocenters. The van der Waals surface area contributed by atoms with Crippen LogP contribution in [0.4, 0.5) is 4.39 Å². The molecule has 7 heteroatoms. The molecule has 0 radical (unpaired) electrons. The average Bonchev–Trinajstić information content (AvgIpc) is 3.07. The molecule has 1 aromatic rings. The number of halogens is 1. The van der Waals surface area contributed by atoms with Crippen LogP contribution in [-0.4, -0.2) is 58.7 Å². The van der Waals surface area contributed by atoms with E-state index in [1.807, 2.05) is 18.7 Å². The van der Waals surface area contributed by atoms with Gasteiger partial charge in [-0.3, -0.25) is 19.3 Å². The van der Waals surface area contributed by atoms with Crippen molar-refractivity contribution in [2.45, 2.75) is 89.5 Å². The van der Waals surface area contributed by atoms with Crippen LogP contribution in [0.25, 0.3) is 0 Å². The van der Waals surface area contributed by atoms with Gasteiger partial charge < -0.3 is 9.64 Å². The average molecular weight is 445 g/mol. The van der Waals surface area contributed by atoms with Gasteiger partial charge in [-0.25, -0.2) is 4.39 Å². The van der Waals surface area contributed by atoms with Crippen molar-refractivity contribution in [1.29, 1.82) is 0 Å². The molecule has 0 unspecified atom stereocenters. The summed E-state index contributed by atoms with van der Waals surface area (Å²) in [5.41, 5.74) is -0.573. The largest absolute Gasteiger partial charge is 0.468 e. The fourth-order valence-electron chi connectivity index (χ4n) is 6.27. The number of piperidine rings is 2. The maximum Gasteiger partial charge on any atom is 0.321 e. The Balaban J connectivity index is 1.66. The van der Waals surface area contributed by atoms with Crippen LogP contribution in [0.3, 0.4) is 0 Å². The Morgan fingerprint density at radius 1 is 1.09 bits per heavy atom. The number of esters is 1. The Morgan fingerprint density at radius 3 is 2.38 bits per heavy atom. The fourth-order valence-corrected chi connectivity index (χ4v) is 6.27. The molecule has 2 bridgehead atoms. The number of ketones is 1. The van der Waals surface area contributed by atoms with E-state index in [1.54, 1.807) is 12.1 Å². The molecular formula is C25H33FN2O4. The van der Waals surface area contributed by atoms with Crippen LogP contribution < -0.4 is 0 Å². The van der Waals surface area contributed by atoms with Crippen molar-refractivity contribution in [3.8, 4) is 0 Å². The SMILES string of the molecule is COC(=O)[C@]1(CC(=O)N2[C@H](C)CCC[C@H]2C)C(=O)C[C@H]2CC[C@H]1N2Cc1ccc(F)cc1. The number of likely N-dealkylation sites (tertiary alicyclic amines) is 1. The first kappa shape index (κ1) is 22.9. The topological polar surface area (TPSA) is 66.9 Å². The number of hydrogen-bond donors (Lipinski definition) is 0. The minimum atomic E-state index is -1.49. The summed E-state index contributed by atoms with van der Waals surface area (Å²) in [5.74, 6) is -1.24. The highest BCUT2D eigenvalue weighted by molar-refractivity contribution is 6.08. The predicted molar refractivity (Wildman–Crippen MR) is 117 cm³/mol. The molecule has 3 aliphatic heterocycles. The predicted octanol–water partition coefficient (Wildman–Crippen LogP) is 3.47. The van der Waals surface area contributed by atoms with Crippen molar-refractivity contribution in [2.75, 3.05) is 7.11 Å². The maximum atomic E-state index is 13.5. The molecule has 3 aliphatic rings. The number of fused-ring (bicyclic) bond motifs is 2. The zero-order valence-corrected chi connectivity index (χ0v) is 19.2. The number of rotatable bonds is 5. The number of methoxy groups -OCH3 is 1. The number of ether oxygens (including phenoxy) is 1. The molecule has 1 aromatic carbocycles. The van der Waals surface area contributed by atoms with E-state index in [0.29, 0.717) is 13.0 Å². The standard InChI is InChI=1S/C25H33FN2O4/c1-16-5-4-6-17(2)28(16)23(30)14-25(24(31)32-3)21-12-11-20(13-22(25)29)27(21)15-18-7-9-19(26)10-8-18/h7-10,16-17,20-21H,4-6,11-15H2,1-3H3/t16-,17-,20-,21-,25+/m1/s1. The van der Waals surface area contributed by atoms with Crippen molar-refractivity contribution in [3.63, 3.8) is 0 Å². The highest BCUT2D eigenvalue weighted by atomic mass is 19.1. The molecule has 0 spiro atoms. The van der Waals surface area contributed by atoms with E-state index in [2.05, 4.69) is 4.90 Å². The summed E-state index contributed by atoms with van der Waals surface area (Å²) in [6, 6.07) is 6.10. The molecule has 3 heterocycles. The Morgan fingerprint density at radius 2 is 1.75 bits per heavy atom. The molecule has 32 heavy (non-hydrogen) atoms. The molecule has 3 fully saturated rings. The highest BCUT2D eigenvalue weighted by Gasteiger charge is 2.62. The van der Waals surface area contributed by atoms with Gasteiger partial charge in [-0.1, -0.05) is 12.1 Å². The Hall–Kier alpha value is -2.28. The van der Waals surface area contributed by atoms with Gasteiger partial charge in [0.15, 0.2) is 11.2 Å². The number of nitrogens with zero attached hydrogens (tertiary/aromatic N) is 2. The van der Waals surface area contributed by atoms with Crippen molar-refractivity contribution in [3.05, 3.63) is 35.6 Å². The van der Waals surface area contributed by atoms with E-state index in [1.165, 1.54) is 19.2 Å². The quantitative estimate of drug-likeness (QED) is 0.514. The van der Waals surface area contributed by atoms with Gasteiger partial charge in [-0.05, 0) is 63.6 Å². The molecule has 0 aliphatic carbocycles. The number of benzene rings is 1. The smallest absolute Gasteiger partial charge is 0.321 e. The summed E-state index contributed by atoms with van der Waals surface area (Å²) >= 11 is 0. The lowest BCUT2D eigenvalue weighted by atomic mass is 9.69. The van der Waals surface area contributed by atoms with E-state index in [-0.39, 0.29) is 48.5 Å². The molecule has 0 N–H and O–H groups in total. The van der Waals surface area contributed by atoms with E-state index in [0.717, 1.165) is 31.2 Å². The zero-order valence-electron chi connectivity index (χ0n) is 19.2. The summed E-state index contributed by atoms with van der Waals surface area (Å²) in [6.45, 7) is 4.58. The molecule has 1 amide bonds. The van der Waals surface area contributed by atoms with Crippen LogP contribution in [0, 0.1) is 11.2 Å². The van der Waals surface area contributed by atoms with Crippen LogP contribution in [0.15, 0.2) is 24.3 Å². The van der Waals surface area contributed by atoms with Crippen LogP contribution in [-0.2, 0) is 25.7 Å². The molecule has 3 saturated heterocycles. The normalized spacial score (nSPS) is 32.8. The van der Waals surface area contributed by atoms with Crippen LogP contribution in [0.5, 0.6) is 0 Å². The zero-order chi connectivity index (χ0) is 23.0. The number of carbonyl (C=O) groups is 3. The maximum absolute atomic E-state index is 13.5. The third-order valence-electron chi connectivity index (χ3n) is 7.87. The van der Waals surface area contributed by atoms with Crippen molar-refractivity contribution in [1.82, 2.24) is 9.80 Å². The first-order valence-corrected chi connectivity index (χ1v) is 11.7. The van der Waals surface area contributed by atoms with Gasteiger partial charge in [0.05, 0.1) is 13.5 Å². The molecule has 0 aromatic heterocycles. The first-order chi connectivity index (χ1) is 15.3. The van der Waals surface area contributed by atoms with E-state index >= 15 is 0 Å². The minimum absolute atomic E-state index is 0.0262. The summed E-state index contributed by atoms with van der Waals surface area (Å²) in [4.78, 5) is 44.3. The fraction of sp³-hybridized carbons (Fsp3) is 0.640. The van der Waals surface area contributed by atoms with Gasteiger partial charge in [0.2, 0.25) is 5.91 Å². The summed E-state index contributed by atoms with van der Waals surface area (Å²) < 4.78 is 18.5. The summed E-state index contributed by atoms with van der Waals surface area (Å²) in [6.07, 6.45) is 4.46. The van der Waals surface area contributed by atoms with Gasteiger partial charge in [-0.15, -0.1) is 0 Å². The Bertz CT molecular complexity index is 878. The van der Waals surface area contributed by atoms with Crippen molar-refractivity contribution < 1.29 is 23.5 Å².